The second kappa shape index (κ2) is 10.9. The van der Waals surface area contributed by atoms with Crippen molar-refractivity contribution in [1.82, 2.24) is 19.9 Å². The molecule has 7 aromatic carbocycles. The highest BCUT2D eigenvalue weighted by Gasteiger charge is 2.16. The highest BCUT2D eigenvalue weighted by Crippen LogP contribution is 2.41. The highest BCUT2D eigenvalue weighted by molar-refractivity contribution is 7.26. The molecule has 3 aromatic heterocycles. The number of fused-ring (bicyclic) bond motifs is 7. The second-order valence-electron chi connectivity index (χ2n) is 11.9. The number of hydrogen-bond donors (Lipinski definition) is 0. The predicted molar refractivity (Wildman–Crippen MR) is 203 cm³/mol. The van der Waals surface area contributed by atoms with Crippen LogP contribution in [-0.4, -0.2) is 19.9 Å². The zero-order chi connectivity index (χ0) is 31.6. The van der Waals surface area contributed by atoms with Crippen molar-refractivity contribution in [1.29, 1.82) is 0 Å². The fourth-order valence-electron chi connectivity index (χ4n) is 6.53. The van der Waals surface area contributed by atoms with Gasteiger partial charge in [0.25, 0.3) is 0 Å². The molecule has 0 saturated heterocycles. The van der Waals surface area contributed by atoms with Crippen molar-refractivity contribution < 1.29 is 0 Å². The van der Waals surface area contributed by atoms with Crippen LogP contribution in [-0.2, 0) is 0 Å². The molecule has 0 spiro atoms. The van der Waals surface area contributed by atoms with Crippen LogP contribution < -0.4 is 0 Å². The molecule has 10 rings (SSSR count). The maximum atomic E-state index is 5.10. The van der Waals surface area contributed by atoms with Crippen LogP contribution in [0.15, 0.2) is 146 Å². The summed E-state index contributed by atoms with van der Waals surface area (Å²) in [6, 6.07) is 51.0. The molecule has 0 unspecified atom stereocenters. The van der Waals surface area contributed by atoms with Gasteiger partial charge in [0.15, 0.2) is 17.5 Å². The molecule has 0 aliphatic rings. The monoisotopic (exact) mass is 648 g/mol. The zero-order valence-corrected chi connectivity index (χ0v) is 27.1. The van der Waals surface area contributed by atoms with E-state index in [-0.39, 0.29) is 0 Å². The topological polar surface area (TPSA) is 51.6 Å². The van der Waals surface area contributed by atoms with Crippen molar-refractivity contribution in [3.63, 3.8) is 0 Å². The van der Waals surface area contributed by atoms with Crippen LogP contribution >= 0.6 is 22.7 Å². The molecule has 0 saturated carbocycles. The summed E-state index contributed by atoms with van der Waals surface area (Å²) in [5.41, 5.74) is 5.08. The van der Waals surface area contributed by atoms with E-state index in [4.69, 9.17) is 19.9 Å². The summed E-state index contributed by atoms with van der Waals surface area (Å²) in [5, 5.41) is 8.34. The van der Waals surface area contributed by atoms with E-state index in [9.17, 15) is 0 Å². The molecule has 0 atom stereocenters. The molecule has 0 radical (unpaired) electrons. The van der Waals surface area contributed by atoms with Crippen LogP contribution in [0.1, 0.15) is 0 Å². The Morgan fingerprint density at radius 3 is 1.73 bits per heavy atom. The van der Waals surface area contributed by atoms with Gasteiger partial charge < -0.3 is 0 Å². The number of aromatic nitrogens is 4. The molecule has 0 aliphatic carbocycles. The number of rotatable bonds is 4. The lowest BCUT2D eigenvalue weighted by Gasteiger charge is -2.10. The molecule has 0 fully saturated rings. The van der Waals surface area contributed by atoms with Gasteiger partial charge in [0, 0.05) is 42.4 Å². The molecule has 48 heavy (non-hydrogen) atoms. The van der Waals surface area contributed by atoms with E-state index in [1.807, 2.05) is 24.3 Å². The van der Waals surface area contributed by atoms with Crippen LogP contribution in [0.25, 0.3) is 96.7 Å². The van der Waals surface area contributed by atoms with E-state index in [1.165, 1.54) is 46.4 Å². The normalized spacial score (nSPS) is 11.8. The molecule has 6 heteroatoms. The largest absolute Gasteiger partial charge is 0.236 e. The lowest BCUT2D eigenvalue weighted by Crippen LogP contribution is -2.00. The minimum absolute atomic E-state index is 0.658. The summed E-state index contributed by atoms with van der Waals surface area (Å²) in [6.45, 7) is 0. The quantitative estimate of drug-likeness (QED) is 0.178. The van der Waals surface area contributed by atoms with E-state index in [0.717, 1.165) is 32.8 Å². The summed E-state index contributed by atoms with van der Waals surface area (Å²) in [7, 11) is 0. The van der Waals surface area contributed by atoms with Gasteiger partial charge in [-0.3, -0.25) is 0 Å². The van der Waals surface area contributed by atoms with Crippen molar-refractivity contribution >= 4 is 74.6 Å². The van der Waals surface area contributed by atoms with Gasteiger partial charge in [-0.2, -0.15) is 0 Å². The van der Waals surface area contributed by atoms with E-state index in [1.54, 1.807) is 22.7 Å². The van der Waals surface area contributed by atoms with Crippen molar-refractivity contribution in [3.05, 3.63) is 146 Å². The number of benzene rings is 7. The minimum Gasteiger partial charge on any atom is -0.236 e. The molecule has 0 bridgehead atoms. The fraction of sp³-hybridized carbons (Fsp3) is 0. The van der Waals surface area contributed by atoms with Gasteiger partial charge in [-0.1, -0.05) is 121 Å². The first-order valence-corrected chi connectivity index (χ1v) is 17.4. The third-order valence-corrected chi connectivity index (χ3v) is 11.1. The van der Waals surface area contributed by atoms with Gasteiger partial charge in [-0.25, -0.2) is 19.9 Å². The van der Waals surface area contributed by atoms with Crippen LogP contribution in [0.5, 0.6) is 0 Å². The Morgan fingerprint density at radius 1 is 0.333 bits per heavy atom. The lowest BCUT2D eigenvalue weighted by molar-refractivity contribution is 1.08. The van der Waals surface area contributed by atoms with Gasteiger partial charge >= 0.3 is 0 Å². The lowest BCUT2D eigenvalue weighted by atomic mass is 10.00. The number of thiophene rings is 1. The summed E-state index contributed by atoms with van der Waals surface area (Å²) in [4.78, 5) is 20.1. The minimum atomic E-state index is 0.658. The Morgan fingerprint density at radius 2 is 0.938 bits per heavy atom. The standard InChI is InChI=1S/C42H24N4S2/c1-3-10-27(11-4-1)39-44-40(29-18-17-26-16-15-25-9-7-8-14-31(25)33(26)21-29)46-41(45-39)30-19-20-32-34-23-38-35(24-37(34)47-36(32)22-30)43-42(48-38)28-12-5-2-6-13-28/h1-24H. The fourth-order valence-corrected chi connectivity index (χ4v) is 8.68. The van der Waals surface area contributed by atoms with Crippen LogP contribution in [0.3, 0.4) is 0 Å². The van der Waals surface area contributed by atoms with Crippen molar-refractivity contribution in [2.75, 3.05) is 0 Å². The third-order valence-electron chi connectivity index (χ3n) is 8.93. The maximum Gasteiger partial charge on any atom is 0.164 e. The number of thiazole rings is 1. The van der Waals surface area contributed by atoms with Gasteiger partial charge in [0.05, 0.1) is 10.2 Å². The average Bonchev–Trinajstić information content (AvgIpc) is 3.74. The first-order chi connectivity index (χ1) is 23.7. The van der Waals surface area contributed by atoms with Crippen LogP contribution in [0.4, 0.5) is 0 Å². The third kappa shape index (κ3) is 4.57. The first kappa shape index (κ1) is 27.3. The Kier molecular flexibility index (Phi) is 6.19. The molecular weight excluding hydrogens is 625 g/mol. The maximum absolute atomic E-state index is 5.10. The number of nitrogens with zero attached hydrogens (tertiary/aromatic N) is 4. The summed E-state index contributed by atoms with van der Waals surface area (Å²) in [6.07, 6.45) is 0. The van der Waals surface area contributed by atoms with E-state index >= 15 is 0 Å². The van der Waals surface area contributed by atoms with Crippen molar-refractivity contribution in [2.45, 2.75) is 0 Å². The molecule has 4 nitrogen and oxygen atoms in total. The highest BCUT2D eigenvalue weighted by atomic mass is 32.1. The Hall–Kier alpha value is -5.82. The van der Waals surface area contributed by atoms with Gasteiger partial charge in [-0.15, -0.1) is 22.7 Å². The smallest absolute Gasteiger partial charge is 0.164 e. The van der Waals surface area contributed by atoms with Gasteiger partial charge in [0.1, 0.15) is 5.01 Å². The average molecular weight is 649 g/mol. The van der Waals surface area contributed by atoms with Crippen LogP contribution in [0, 0.1) is 0 Å². The molecule has 0 aliphatic heterocycles. The SMILES string of the molecule is c1ccc(-c2nc(-c3ccc4c(c3)sc3cc5nc(-c6ccccc6)sc5cc34)nc(-c3ccc4ccc5ccccc5c4c3)n2)cc1. The predicted octanol–water partition coefficient (Wildman–Crippen LogP) is 11.8. The first-order valence-electron chi connectivity index (χ1n) is 15.8. The Balaban J connectivity index is 1.11. The summed E-state index contributed by atoms with van der Waals surface area (Å²) < 4.78 is 3.62. The number of hydrogen-bond acceptors (Lipinski definition) is 6. The molecule has 224 valence electrons. The zero-order valence-electron chi connectivity index (χ0n) is 25.5. The molecular formula is C42H24N4S2. The Labute approximate surface area is 283 Å². The molecule has 10 aromatic rings. The Bertz CT molecular complexity index is 2840. The van der Waals surface area contributed by atoms with Gasteiger partial charge in [0.2, 0.25) is 0 Å². The van der Waals surface area contributed by atoms with Crippen molar-refractivity contribution in [2.24, 2.45) is 0 Å². The van der Waals surface area contributed by atoms with E-state index in [0.29, 0.717) is 17.5 Å². The molecule has 3 heterocycles. The summed E-state index contributed by atoms with van der Waals surface area (Å²) >= 11 is 3.53. The molecule has 0 N–H and O–H groups in total. The molecule has 0 amide bonds. The van der Waals surface area contributed by atoms with E-state index < -0.39 is 0 Å². The van der Waals surface area contributed by atoms with Crippen LogP contribution in [0.2, 0.25) is 0 Å². The van der Waals surface area contributed by atoms with Crippen molar-refractivity contribution in [3.8, 4) is 44.7 Å². The summed E-state index contributed by atoms with van der Waals surface area (Å²) in [5.74, 6) is 1.97. The second-order valence-corrected chi connectivity index (χ2v) is 14.0. The van der Waals surface area contributed by atoms with Gasteiger partial charge in [-0.05, 0) is 45.8 Å². The van der Waals surface area contributed by atoms with E-state index in [2.05, 4.69) is 121 Å².